The van der Waals surface area contributed by atoms with Gasteiger partial charge in [-0.25, -0.2) is 4.79 Å². The van der Waals surface area contributed by atoms with Gasteiger partial charge in [-0.05, 0) is 44.2 Å². The van der Waals surface area contributed by atoms with E-state index < -0.39 is 0 Å². The van der Waals surface area contributed by atoms with Gasteiger partial charge in [0, 0.05) is 19.1 Å². The lowest BCUT2D eigenvalue weighted by molar-refractivity contribution is 0.148. The number of rotatable bonds is 1. The molecule has 0 spiro atoms. The highest BCUT2D eigenvalue weighted by molar-refractivity contribution is 5.74. The fourth-order valence-electron chi connectivity index (χ4n) is 3.56. The fraction of sp³-hybridized carbons (Fsp3) is 0.923. The van der Waals surface area contributed by atoms with Gasteiger partial charge in [-0.1, -0.05) is 12.8 Å². The Morgan fingerprint density at radius 3 is 2.71 bits per heavy atom. The van der Waals surface area contributed by atoms with Crippen LogP contribution in [0.5, 0.6) is 0 Å². The number of fused-ring (bicyclic) bond motifs is 1. The monoisotopic (exact) mass is 237 g/mol. The highest BCUT2D eigenvalue weighted by Gasteiger charge is 2.34. The predicted molar refractivity (Wildman–Crippen MR) is 66.8 cm³/mol. The second-order valence-electron chi connectivity index (χ2n) is 5.84. The molecule has 4 nitrogen and oxygen atoms in total. The molecule has 3 fully saturated rings. The number of hydrogen-bond donors (Lipinski definition) is 2. The SMILES string of the molecule is O=C(NC1CCCC1)N1CC[C@H]2CNC[C@H]2C1. The van der Waals surface area contributed by atoms with Crippen LogP contribution in [0.1, 0.15) is 32.1 Å². The van der Waals surface area contributed by atoms with Crippen LogP contribution in [-0.2, 0) is 0 Å². The van der Waals surface area contributed by atoms with E-state index in [2.05, 4.69) is 10.6 Å². The molecule has 0 unspecified atom stereocenters. The number of amides is 2. The largest absolute Gasteiger partial charge is 0.335 e. The molecule has 1 saturated carbocycles. The van der Waals surface area contributed by atoms with Crippen molar-refractivity contribution in [2.75, 3.05) is 26.2 Å². The van der Waals surface area contributed by atoms with E-state index in [1.54, 1.807) is 0 Å². The zero-order valence-corrected chi connectivity index (χ0v) is 10.5. The standard InChI is InChI=1S/C13H23N3O/c17-13(15-12-3-1-2-4-12)16-6-5-10-7-14-8-11(10)9-16/h10-12,14H,1-9H2,(H,15,17)/t10-,11-/m0/s1. The zero-order chi connectivity index (χ0) is 11.7. The molecule has 0 radical (unpaired) electrons. The molecule has 4 heteroatoms. The molecule has 1 aliphatic carbocycles. The van der Waals surface area contributed by atoms with Gasteiger partial charge in [-0.3, -0.25) is 0 Å². The first-order valence-electron chi connectivity index (χ1n) is 7.09. The van der Waals surface area contributed by atoms with Gasteiger partial charge in [-0.2, -0.15) is 0 Å². The summed E-state index contributed by atoms with van der Waals surface area (Å²) in [5.74, 6) is 1.50. The Labute approximate surface area is 103 Å². The predicted octanol–water partition coefficient (Wildman–Crippen LogP) is 1.18. The third kappa shape index (κ3) is 2.41. The van der Waals surface area contributed by atoms with Crippen LogP contribution in [0, 0.1) is 11.8 Å². The smallest absolute Gasteiger partial charge is 0.317 e. The Bertz CT molecular complexity index is 288. The van der Waals surface area contributed by atoms with Gasteiger partial charge < -0.3 is 15.5 Å². The molecule has 96 valence electrons. The second kappa shape index (κ2) is 4.84. The van der Waals surface area contributed by atoms with Crippen molar-refractivity contribution in [1.29, 1.82) is 0 Å². The maximum Gasteiger partial charge on any atom is 0.317 e. The number of urea groups is 1. The van der Waals surface area contributed by atoms with E-state index in [4.69, 9.17) is 0 Å². The summed E-state index contributed by atoms with van der Waals surface area (Å²) < 4.78 is 0. The first kappa shape index (κ1) is 11.3. The molecule has 0 aromatic carbocycles. The van der Waals surface area contributed by atoms with Crippen molar-refractivity contribution in [2.24, 2.45) is 11.8 Å². The first-order valence-corrected chi connectivity index (χ1v) is 7.09. The van der Waals surface area contributed by atoms with Crippen molar-refractivity contribution in [3.8, 4) is 0 Å². The third-order valence-electron chi connectivity index (χ3n) is 4.67. The first-order chi connectivity index (χ1) is 8.33. The maximum atomic E-state index is 12.1. The summed E-state index contributed by atoms with van der Waals surface area (Å²) in [7, 11) is 0. The van der Waals surface area contributed by atoms with E-state index in [-0.39, 0.29) is 6.03 Å². The number of likely N-dealkylation sites (tertiary alicyclic amines) is 1. The van der Waals surface area contributed by atoms with Crippen molar-refractivity contribution in [3.05, 3.63) is 0 Å². The van der Waals surface area contributed by atoms with Crippen LogP contribution in [0.15, 0.2) is 0 Å². The number of nitrogens with one attached hydrogen (secondary N) is 2. The minimum Gasteiger partial charge on any atom is -0.335 e. The van der Waals surface area contributed by atoms with Crippen molar-refractivity contribution in [2.45, 2.75) is 38.1 Å². The quantitative estimate of drug-likeness (QED) is 0.719. The van der Waals surface area contributed by atoms with Gasteiger partial charge in [0.1, 0.15) is 0 Å². The molecule has 2 heterocycles. The van der Waals surface area contributed by atoms with Gasteiger partial charge in [0.15, 0.2) is 0 Å². The van der Waals surface area contributed by atoms with Crippen LogP contribution in [0.25, 0.3) is 0 Å². The highest BCUT2D eigenvalue weighted by atomic mass is 16.2. The molecule has 2 amide bonds. The van der Waals surface area contributed by atoms with Crippen molar-refractivity contribution in [1.82, 2.24) is 15.5 Å². The van der Waals surface area contributed by atoms with E-state index in [0.717, 1.165) is 32.1 Å². The Balaban J connectivity index is 1.51. The molecule has 2 atom stereocenters. The highest BCUT2D eigenvalue weighted by Crippen LogP contribution is 2.26. The summed E-state index contributed by atoms with van der Waals surface area (Å²) >= 11 is 0. The number of carbonyl (C=O) groups excluding carboxylic acids is 1. The molecule has 17 heavy (non-hydrogen) atoms. The van der Waals surface area contributed by atoms with E-state index >= 15 is 0 Å². The van der Waals surface area contributed by atoms with Crippen molar-refractivity contribution >= 4 is 6.03 Å². The Morgan fingerprint density at radius 2 is 1.88 bits per heavy atom. The molecule has 0 aromatic rings. The summed E-state index contributed by atoms with van der Waals surface area (Å²) in [6.07, 6.45) is 6.08. The average Bonchev–Trinajstić information content (AvgIpc) is 2.97. The summed E-state index contributed by atoms with van der Waals surface area (Å²) in [4.78, 5) is 14.2. The Kier molecular flexibility index (Phi) is 3.23. The lowest BCUT2D eigenvalue weighted by Gasteiger charge is -2.35. The summed E-state index contributed by atoms with van der Waals surface area (Å²) in [6.45, 7) is 4.15. The summed E-state index contributed by atoms with van der Waals surface area (Å²) in [6, 6.07) is 0.629. The lowest BCUT2D eigenvalue weighted by atomic mass is 9.89. The maximum absolute atomic E-state index is 12.1. The number of piperidine rings is 1. The van der Waals surface area contributed by atoms with Gasteiger partial charge in [0.25, 0.3) is 0 Å². The van der Waals surface area contributed by atoms with Gasteiger partial charge in [-0.15, -0.1) is 0 Å². The van der Waals surface area contributed by atoms with Gasteiger partial charge in [0.05, 0.1) is 0 Å². The van der Waals surface area contributed by atoms with Gasteiger partial charge in [0.2, 0.25) is 0 Å². The minimum absolute atomic E-state index is 0.183. The van der Waals surface area contributed by atoms with Crippen LogP contribution in [0.4, 0.5) is 4.79 Å². The molecular formula is C13H23N3O. The number of nitrogens with zero attached hydrogens (tertiary/aromatic N) is 1. The van der Waals surface area contributed by atoms with Crippen LogP contribution in [0.2, 0.25) is 0 Å². The van der Waals surface area contributed by atoms with E-state index in [9.17, 15) is 4.79 Å². The van der Waals surface area contributed by atoms with E-state index in [1.807, 2.05) is 4.90 Å². The minimum atomic E-state index is 0.183. The molecule has 3 rings (SSSR count). The lowest BCUT2D eigenvalue weighted by Crippen LogP contribution is -2.49. The Hall–Kier alpha value is -0.770. The van der Waals surface area contributed by atoms with Crippen LogP contribution < -0.4 is 10.6 Å². The van der Waals surface area contributed by atoms with Crippen molar-refractivity contribution in [3.63, 3.8) is 0 Å². The Morgan fingerprint density at radius 1 is 1.12 bits per heavy atom. The second-order valence-corrected chi connectivity index (χ2v) is 5.84. The fourth-order valence-corrected chi connectivity index (χ4v) is 3.56. The average molecular weight is 237 g/mol. The van der Waals surface area contributed by atoms with Crippen molar-refractivity contribution < 1.29 is 4.79 Å². The molecule has 3 aliphatic rings. The van der Waals surface area contributed by atoms with Crippen LogP contribution in [-0.4, -0.2) is 43.2 Å². The van der Waals surface area contributed by atoms with Crippen LogP contribution >= 0.6 is 0 Å². The van der Waals surface area contributed by atoms with Gasteiger partial charge >= 0.3 is 6.03 Å². The molecular weight excluding hydrogens is 214 g/mol. The molecule has 0 aromatic heterocycles. The third-order valence-corrected chi connectivity index (χ3v) is 4.67. The summed E-state index contributed by atoms with van der Waals surface area (Å²) in [5, 5.41) is 6.63. The molecule has 2 aliphatic heterocycles. The van der Waals surface area contributed by atoms with Crippen LogP contribution in [0.3, 0.4) is 0 Å². The number of hydrogen-bond acceptors (Lipinski definition) is 2. The number of carbonyl (C=O) groups is 1. The normalized spacial score (nSPS) is 33.8. The van der Waals surface area contributed by atoms with E-state index in [1.165, 1.54) is 32.1 Å². The zero-order valence-electron chi connectivity index (χ0n) is 10.5. The molecule has 2 N–H and O–H groups in total. The molecule has 0 bridgehead atoms. The summed E-state index contributed by atoms with van der Waals surface area (Å²) in [5.41, 5.74) is 0. The van der Waals surface area contributed by atoms with E-state index in [0.29, 0.717) is 12.0 Å². The topological polar surface area (TPSA) is 44.4 Å². The molecule has 2 saturated heterocycles.